The summed E-state index contributed by atoms with van der Waals surface area (Å²) in [4.78, 5) is 14.8. The van der Waals surface area contributed by atoms with E-state index in [1.54, 1.807) is 30.0 Å². The van der Waals surface area contributed by atoms with Gasteiger partial charge >= 0.3 is 0 Å². The summed E-state index contributed by atoms with van der Waals surface area (Å²) < 4.78 is 31.7. The van der Waals surface area contributed by atoms with Gasteiger partial charge in [0.1, 0.15) is 5.75 Å². The number of hydrogen-bond acceptors (Lipinski definition) is 4. The molecule has 0 N–H and O–H groups in total. The molecule has 0 unspecified atom stereocenters. The first-order chi connectivity index (χ1) is 12.7. The van der Waals surface area contributed by atoms with E-state index in [9.17, 15) is 13.2 Å². The average molecular weight is 388 g/mol. The summed E-state index contributed by atoms with van der Waals surface area (Å²) >= 11 is 0. The number of benzene rings is 2. The van der Waals surface area contributed by atoms with Crippen LogP contribution in [-0.2, 0) is 21.2 Å². The molecule has 2 aromatic rings. The van der Waals surface area contributed by atoms with Crippen LogP contribution in [-0.4, -0.2) is 45.4 Å². The van der Waals surface area contributed by atoms with Crippen LogP contribution in [0, 0.1) is 6.92 Å². The van der Waals surface area contributed by atoms with Crippen LogP contribution in [0.25, 0.3) is 0 Å². The van der Waals surface area contributed by atoms with E-state index in [1.165, 1.54) is 18.4 Å². The van der Waals surface area contributed by atoms with E-state index in [2.05, 4.69) is 0 Å². The van der Waals surface area contributed by atoms with Crippen molar-refractivity contribution in [2.45, 2.75) is 31.3 Å². The van der Waals surface area contributed by atoms with Crippen LogP contribution in [0.15, 0.2) is 47.4 Å². The molecular weight excluding hydrogens is 364 g/mol. The summed E-state index contributed by atoms with van der Waals surface area (Å²) in [7, 11) is -0.487. The first-order valence-electron chi connectivity index (χ1n) is 8.81. The molecule has 6 nitrogen and oxygen atoms in total. The van der Waals surface area contributed by atoms with Crippen molar-refractivity contribution in [1.82, 2.24) is 4.31 Å². The van der Waals surface area contributed by atoms with Gasteiger partial charge in [0, 0.05) is 26.3 Å². The molecule has 0 aromatic heterocycles. The lowest BCUT2D eigenvalue weighted by atomic mass is 10.2. The number of nitrogens with zero attached hydrogens (tertiary/aromatic N) is 2. The second kappa shape index (κ2) is 7.32. The van der Waals surface area contributed by atoms with E-state index < -0.39 is 16.1 Å². The van der Waals surface area contributed by atoms with Crippen LogP contribution >= 0.6 is 0 Å². The smallest absolute Gasteiger partial charge is 0.267 e. The van der Waals surface area contributed by atoms with Gasteiger partial charge in [0.2, 0.25) is 10.0 Å². The number of hydrogen-bond donors (Lipinski definition) is 0. The molecule has 144 valence electrons. The average Bonchev–Trinajstić information content (AvgIpc) is 3.05. The van der Waals surface area contributed by atoms with Gasteiger partial charge in [-0.2, -0.15) is 0 Å². The van der Waals surface area contributed by atoms with E-state index >= 15 is 0 Å². The standard InChI is InChI=1S/C20H24N2O4S/c1-14-7-5-6-8-19(14)26-15(2)20(23)22-12-11-16-13-17(9-10-18(16)22)27(24,25)21(3)4/h5-10,13,15H,11-12H2,1-4H3/t15-/m1/s1. The number of anilines is 1. The molecule has 1 amide bonds. The molecular formula is C20H24N2O4S. The largest absolute Gasteiger partial charge is 0.481 e. The van der Waals surface area contributed by atoms with Crippen molar-refractivity contribution in [1.29, 1.82) is 0 Å². The van der Waals surface area contributed by atoms with Crippen molar-refractivity contribution >= 4 is 21.6 Å². The summed E-state index contributed by atoms with van der Waals surface area (Å²) in [6, 6.07) is 12.5. The van der Waals surface area contributed by atoms with Gasteiger partial charge in [-0.25, -0.2) is 12.7 Å². The van der Waals surface area contributed by atoms with Crippen LogP contribution in [0.5, 0.6) is 5.75 Å². The second-order valence-electron chi connectivity index (χ2n) is 6.84. The number of amides is 1. The number of rotatable bonds is 5. The monoisotopic (exact) mass is 388 g/mol. The van der Waals surface area contributed by atoms with Crippen LogP contribution in [0.2, 0.25) is 0 Å². The van der Waals surface area contributed by atoms with Gasteiger partial charge < -0.3 is 9.64 Å². The molecule has 0 saturated carbocycles. The van der Waals surface area contributed by atoms with Gasteiger partial charge in [0.05, 0.1) is 4.90 Å². The van der Waals surface area contributed by atoms with E-state index in [-0.39, 0.29) is 10.8 Å². The molecule has 0 fully saturated rings. The van der Waals surface area contributed by atoms with Gasteiger partial charge in [0.25, 0.3) is 5.91 Å². The molecule has 0 aliphatic carbocycles. The highest BCUT2D eigenvalue weighted by molar-refractivity contribution is 7.89. The Kier molecular flexibility index (Phi) is 5.26. The maximum Gasteiger partial charge on any atom is 0.267 e. The third-order valence-corrected chi connectivity index (χ3v) is 6.55. The Morgan fingerprint density at radius 3 is 2.56 bits per heavy atom. The Labute approximate surface area is 160 Å². The molecule has 1 aliphatic rings. The fourth-order valence-corrected chi connectivity index (χ4v) is 4.08. The molecule has 2 aromatic carbocycles. The number of aryl methyl sites for hydroxylation is 1. The molecule has 0 bridgehead atoms. The number of carbonyl (C=O) groups excluding carboxylic acids is 1. The normalized spacial score (nSPS) is 14.9. The Morgan fingerprint density at radius 2 is 1.89 bits per heavy atom. The van der Waals surface area contributed by atoms with Crippen molar-refractivity contribution in [2.24, 2.45) is 0 Å². The van der Waals surface area contributed by atoms with Crippen LogP contribution < -0.4 is 9.64 Å². The van der Waals surface area contributed by atoms with Crippen molar-refractivity contribution in [3.8, 4) is 5.75 Å². The molecule has 0 spiro atoms. The number of carbonyl (C=O) groups is 1. The van der Waals surface area contributed by atoms with Crippen molar-refractivity contribution < 1.29 is 17.9 Å². The zero-order valence-electron chi connectivity index (χ0n) is 16.0. The summed E-state index contributed by atoms with van der Waals surface area (Å²) in [6.45, 7) is 4.18. The second-order valence-corrected chi connectivity index (χ2v) is 9.00. The highest BCUT2D eigenvalue weighted by Gasteiger charge is 2.30. The molecule has 27 heavy (non-hydrogen) atoms. The number of sulfonamides is 1. The topological polar surface area (TPSA) is 66.9 Å². The summed E-state index contributed by atoms with van der Waals surface area (Å²) in [5.74, 6) is 0.547. The fourth-order valence-electron chi connectivity index (χ4n) is 3.13. The van der Waals surface area contributed by atoms with E-state index in [4.69, 9.17) is 4.74 Å². The maximum absolute atomic E-state index is 12.9. The van der Waals surface area contributed by atoms with Crippen molar-refractivity contribution in [3.63, 3.8) is 0 Å². The Hall–Kier alpha value is -2.38. The van der Waals surface area contributed by atoms with Crippen LogP contribution in [0.4, 0.5) is 5.69 Å². The van der Waals surface area contributed by atoms with Gasteiger partial charge in [-0.15, -0.1) is 0 Å². The Bertz CT molecular complexity index is 970. The summed E-state index contributed by atoms with van der Waals surface area (Å²) in [5.41, 5.74) is 2.57. The Morgan fingerprint density at radius 1 is 1.19 bits per heavy atom. The predicted molar refractivity (Wildman–Crippen MR) is 105 cm³/mol. The Balaban J connectivity index is 1.81. The quantitative estimate of drug-likeness (QED) is 0.790. The van der Waals surface area contributed by atoms with E-state index in [1.807, 2.05) is 31.2 Å². The first kappa shape index (κ1) is 19.4. The van der Waals surface area contributed by atoms with E-state index in [0.29, 0.717) is 18.7 Å². The number of fused-ring (bicyclic) bond motifs is 1. The third kappa shape index (κ3) is 3.70. The molecule has 1 heterocycles. The lowest BCUT2D eigenvalue weighted by Crippen LogP contribution is -2.39. The summed E-state index contributed by atoms with van der Waals surface area (Å²) in [6.07, 6.45) is -0.0168. The molecule has 0 radical (unpaired) electrons. The highest BCUT2D eigenvalue weighted by atomic mass is 32.2. The van der Waals surface area contributed by atoms with Gasteiger partial charge in [-0.1, -0.05) is 18.2 Å². The van der Waals surface area contributed by atoms with Gasteiger partial charge in [-0.3, -0.25) is 4.79 Å². The fraction of sp³-hybridized carbons (Fsp3) is 0.350. The summed E-state index contributed by atoms with van der Waals surface area (Å²) in [5, 5.41) is 0. The molecule has 7 heteroatoms. The molecule has 1 aliphatic heterocycles. The minimum absolute atomic E-state index is 0.139. The number of para-hydroxylation sites is 1. The van der Waals surface area contributed by atoms with Crippen molar-refractivity contribution in [3.05, 3.63) is 53.6 Å². The lowest BCUT2D eigenvalue weighted by molar-refractivity contribution is -0.124. The molecule has 3 rings (SSSR count). The van der Waals surface area contributed by atoms with Crippen LogP contribution in [0.1, 0.15) is 18.1 Å². The van der Waals surface area contributed by atoms with Gasteiger partial charge in [-0.05, 0) is 55.7 Å². The predicted octanol–water partition coefficient (Wildman–Crippen LogP) is 2.60. The van der Waals surface area contributed by atoms with Crippen molar-refractivity contribution in [2.75, 3.05) is 25.5 Å². The lowest BCUT2D eigenvalue weighted by Gasteiger charge is -2.23. The highest BCUT2D eigenvalue weighted by Crippen LogP contribution is 2.31. The zero-order chi connectivity index (χ0) is 19.8. The maximum atomic E-state index is 12.9. The third-order valence-electron chi connectivity index (χ3n) is 4.74. The van der Waals surface area contributed by atoms with Crippen LogP contribution in [0.3, 0.4) is 0 Å². The minimum Gasteiger partial charge on any atom is -0.481 e. The van der Waals surface area contributed by atoms with Gasteiger partial charge in [0.15, 0.2) is 6.10 Å². The zero-order valence-corrected chi connectivity index (χ0v) is 16.8. The first-order valence-corrected chi connectivity index (χ1v) is 10.2. The molecule has 0 saturated heterocycles. The minimum atomic E-state index is -3.49. The molecule has 1 atom stereocenters. The number of ether oxygens (including phenoxy) is 1. The van der Waals surface area contributed by atoms with E-state index in [0.717, 1.165) is 16.8 Å². The SMILES string of the molecule is Cc1ccccc1O[C@H](C)C(=O)N1CCc2cc(S(=O)(=O)N(C)C)ccc21.